The minimum atomic E-state index is -0.589. The maximum atomic E-state index is 9.46. The molecule has 2 unspecified atom stereocenters. The lowest BCUT2D eigenvalue weighted by Crippen LogP contribution is -2.41. The lowest BCUT2D eigenvalue weighted by molar-refractivity contribution is 0.0572. The molecule has 1 saturated heterocycles. The molecule has 15 heavy (non-hydrogen) atoms. The molecule has 1 fully saturated rings. The molecule has 1 heterocycles. The van der Waals surface area contributed by atoms with Crippen LogP contribution in [0.25, 0.3) is 0 Å². The summed E-state index contributed by atoms with van der Waals surface area (Å²) in [4.78, 5) is 2.12. The van der Waals surface area contributed by atoms with Gasteiger partial charge in [0.2, 0.25) is 0 Å². The second-order valence-electron chi connectivity index (χ2n) is 4.74. The number of aliphatic hydroxyl groups is 2. The molecule has 2 atom stereocenters. The van der Waals surface area contributed by atoms with Gasteiger partial charge in [-0.25, -0.2) is 0 Å². The Morgan fingerprint density at radius 3 is 2.00 bits per heavy atom. The molecule has 1 aliphatic rings. The summed E-state index contributed by atoms with van der Waals surface area (Å²) in [6.45, 7) is 7.00. The summed E-state index contributed by atoms with van der Waals surface area (Å²) in [5.74, 6) is 0. The number of nitrogens with zero attached hydrogens (tertiary/aromatic N) is 1. The molecule has 90 valence electrons. The fourth-order valence-electron chi connectivity index (χ4n) is 2.28. The SMILES string of the molecule is CCC(CC)(CN)CN1CC(O)C(O)C1. The molecule has 0 amide bonds. The van der Waals surface area contributed by atoms with E-state index in [0.29, 0.717) is 19.6 Å². The first-order valence-electron chi connectivity index (χ1n) is 5.85. The first-order valence-corrected chi connectivity index (χ1v) is 5.85. The van der Waals surface area contributed by atoms with Crippen LogP contribution in [0.5, 0.6) is 0 Å². The van der Waals surface area contributed by atoms with Gasteiger partial charge in [0.05, 0.1) is 12.2 Å². The standard InChI is InChI=1S/C11H24N2O2/c1-3-11(4-2,7-12)8-13-5-9(14)10(15)6-13/h9-10,14-15H,3-8,12H2,1-2H3. The number of hydrogen-bond donors (Lipinski definition) is 3. The summed E-state index contributed by atoms with van der Waals surface area (Å²) in [5.41, 5.74) is 5.97. The lowest BCUT2D eigenvalue weighted by atomic mass is 9.82. The Balaban J connectivity index is 2.53. The second kappa shape index (κ2) is 5.25. The Kier molecular flexibility index (Phi) is 4.52. The summed E-state index contributed by atoms with van der Waals surface area (Å²) in [7, 11) is 0. The molecule has 0 aromatic carbocycles. The van der Waals surface area contributed by atoms with Crippen molar-refractivity contribution in [2.45, 2.75) is 38.9 Å². The van der Waals surface area contributed by atoms with E-state index in [1.807, 2.05) is 0 Å². The topological polar surface area (TPSA) is 69.7 Å². The molecule has 0 bridgehead atoms. The summed E-state index contributed by atoms with van der Waals surface area (Å²) in [5, 5.41) is 18.9. The van der Waals surface area contributed by atoms with Crippen LogP contribution in [0, 0.1) is 5.41 Å². The molecule has 0 radical (unpaired) electrons. The first kappa shape index (κ1) is 12.9. The van der Waals surface area contributed by atoms with E-state index in [1.54, 1.807) is 0 Å². The molecule has 0 aromatic rings. The molecule has 0 aromatic heterocycles. The Morgan fingerprint density at radius 2 is 1.67 bits per heavy atom. The molecule has 0 aliphatic carbocycles. The van der Waals surface area contributed by atoms with Crippen LogP contribution in [0.3, 0.4) is 0 Å². The van der Waals surface area contributed by atoms with E-state index in [1.165, 1.54) is 0 Å². The van der Waals surface area contributed by atoms with Crippen molar-refractivity contribution < 1.29 is 10.2 Å². The summed E-state index contributed by atoms with van der Waals surface area (Å²) < 4.78 is 0. The molecule has 0 saturated carbocycles. The average Bonchev–Trinajstić information content (AvgIpc) is 2.55. The Hall–Kier alpha value is -0.160. The van der Waals surface area contributed by atoms with Gasteiger partial charge in [0.1, 0.15) is 0 Å². The molecular formula is C11H24N2O2. The maximum absolute atomic E-state index is 9.46. The molecule has 4 nitrogen and oxygen atoms in total. The lowest BCUT2D eigenvalue weighted by Gasteiger charge is -2.34. The molecule has 1 rings (SSSR count). The average molecular weight is 216 g/mol. The Bertz CT molecular complexity index is 177. The zero-order valence-electron chi connectivity index (χ0n) is 9.82. The molecular weight excluding hydrogens is 192 g/mol. The normalized spacial score (nSPS) is 28.6. The summed E-state index contributed by atoms with van der Waals surface area (Å²) >= 11 is 0. The van der Waals surface area contributed by atoms with Gasteiger partial charge in [0.15, 0.2) is 0 Å². The smallest absolute Gasteiger partial charge is 0.0938 e. The van der Waals surface area contributed by atoms with Crippen molar-refractivity contribution in [3.8, 4) is 0 Å². The summed E-state index contributed by atoms with van der Waals surface area (Å²) in [6.07, 6.45) is 0.911. The van der Waals surface area contributed by atoms with Crippen molar-refractivity contribution in [1.82, 2.24) is 4.90 Å². The highest BCUT2D eigenvalue weighted by molar-refractivity contribution is 4.89. The first-order chi connectivity index (χ1) is 7.06. The van der Waals surface area contributed by atoms with Crippen molar-refractivity contribution in [2.24, 2.45) is 11.1 Å². The predicted molar refractivity (Wildman–Crippen MR) is 60.5 cm³/mol. The number of β-amino-alcohol motifs (C(OH)–C–C–N with tert-alkyl or cyclic N) is 2. The van der Waals surface area contributed by atoms with Crippen molar-refractivity contribution in [1.29, 1.82) is 0 Å². The second-order valence-corrected chi connectivity index (χ2v) is 4.74. The van der Waals surface area contributed by atoms with Gasteiger partial charge in [-0.15, -0.1) is 0 Å². The quantitative estimate of drug-likeness (QED) is 0.595. The molecule has 4 heteroatoms. The van der Waals surface area contributed by atoms with Crippen molar-refractivity contribution >= 4 is 0 Å². The monoisotopic (exact) mass is 216 g/mol. The van der Waals surface area contributed by atoms with Crippen LogP contribution in [0.2, 0.25) is 0 Å². The third-order valence-electron chi connectivity index (χ3n) is 3.83. The van der Waals surface area contributed by atoms with Gasteiger partial charge in [-0.05, 0) is 24.8 Å². The number of rotatable bonds is 5. The van der Waals surface area contributed by atoms with Gasteiger partial charge in [-0.2, -0.15) is 0 Å². The van der Waals surface area contributed by atoms with Crippen LogP contribution < -0.4 is 5.73 Å². The number of likely N-dealkylation sites (tertiary alicyclic amines) is 1. The Morgan fingerprint density at radius 1 is 1.20 bits per heavy atom. The van der Waals surface area contributed by atoms with Gasteiger partial charge in [0, 0.05) is 19.6 Å². The van der Waals surface area contributed by atoms with Crippen LogP contribution in [0.4, 0.5) is 0 Å². The molecule has 0 spiro atoms. The highest BCUT2D eigenvalue weighted by atomic mass is 16.3. The molecule has 1 aliphatic heterocycles. The van der Waals surface area contributed by atoms with Crippen molar-refractivity contribution in [3.63, 3.8) is 0 Å². The predicted octanol–water partition coefficient (Wildman–Crippen LogP) is -0.211. The fraction of sp³-hybridized carbons (Fsp3) is 1.00. The van der Waals surface area contributed by atoms with Crippen LogP contribution in [-0.4, -0.2) is 53.5 Å². The van der Waals surface area contributed by atoms with E-state index in [4.69, 9.17) is 5.73 Å². The van der Waals surface area contributed by atoms with E-state index in [-0.39, 0.29) is 5.41 Å². The number of nitrogens with two attached hydrogens (primary N) is 1. The van der Waals surface area contributed by atoms with Crippen LogP contribution in [-0.2, 0) is 0 Å². The van der Waals surface area contributed by atoms with Gasteiger partial charge >= 0.3 is 0 Å². The number of hydrogen-bond acceptors (Lipinski definition) is 4. The minimum Gasteiger partial charge on any atom is -0.389 e. The highest BCUT2D eigenvalue weighted by Crippen LogP contribution is 2.27. The fourth-order valence-corrected chi connectivity index (χ4v) is 2.28. The molecule has 4 N–H and O–H groups in total. The van der Waals surface area contributed by atoms with E-state index < -0.39 is 12.2 Å². The zero-order chi connectivity index (χ0) is 11.5. The van der Waals surface area contributed by atoms with E-state index >= 15 is 0 Å². The van der Waals surface area contributed by atoms with Gasteiger partial charge < -0.3 is 15.9 Å². The maximum Gasteiger partial charge on any atom is 0.0938 e. The minimum absolute atomic E-state index is 0.143. The van der Waals surface area contributed by atoms with Gasteiger partial charge in [-0.3, -0.25) is 4.90 Å². The van der Waals surface area contributed by atoms with Crippen molar-refractivity contribution in [3.05, 3.63) is 0 Å². The van der Waals surface area contributed by atoms with Crippen LogP contribution in [0.15, 0.2) is 0 Å². The Labute approximate surface area is 92.1 Å². The van der Waals surface area contributed by atoms with Crippen molar-refractivity contribution in [2.75, 3.05) is 26.2 Å². The van der Waals surface area contributed by atoms with Crippen LogP contribution >= 0.6 is 0 Å². The number of aliphatic hydroxyl groups excluding tert-OH is 2. The summed E-state index contributed by atoms with van der Waals surface area (Å²) in [6, 6.07) is 0. The van der Waals surface area contributed by atoms with E-state index in [0.717, 1.165) is 19.4 Å². The zero-order valence-corrected chi connectivity index (χ0v) is 9.82. The van der Waals surface area contributed by atoms with E-state index in [2.05, 4.69) is 18.7 Å². The third kappa shape index (κ3) is 2.91. The largest absolute Gasteiger partial charge is 0.389 e. The van der Waals surface area contributed by atoms with Crippen LogP contribution in [0.1, 0.15) is 26.7 Å². The van der Waals surface area contributed by atoms with Gasteiger partial charge in [0.25, 0.3) is 0 Å². The third-order valence-corrected chi connectivity index (χ3v) is 3.83. The van der Waals surface area contributed by atoms with Gasteiger partial charge in [-0.1, -0.05) is 13.8 Å². The highest BCUT2D eigenvalue weighted by Gasteiger charge is 2.34. The van der Waals surface area contributed by atoms with E-state index in [9.17, 15) is 10.2 Å².